The highest BCUT2D eigenvalue weighted by Gasteiger charge is 2.18. The topological polar surface area (TPSA) is 130 Å². The lowest BCUT2D eigenvalue weighted by Crippen LogP contribution is -2.29. The average molecular weight is 258 g/mol. The van der Waals surface area contributed by atoms with Crippen LogP contribution >= 0.6 is 0 Å². The maximum absolute atomic E-state index is 11.4. The van der Waals surface area contributed by atoms with E-state index in [0.717, 1.165) is 19.3 Å². The lowest BCUT2D eigenvalue weighted by Gasteiger charge is -2.05. The molecular formula is C11H18N2O5. The number of carboxylic acids is 2. The highest BCUT2D eigenvalue weighted by molar-refractivity contribution is 6.18. The van der Waals surface area contributed by atoms with E-state index in [0.29, 0.717) is 25.6 Å². The molecule has 0 atom stereocenters. The minimum atomic E-state index is -1.56. The van der Waals surface area contributed by atoms with Gasteiger partial charge < -0.3 is 21.3 Å². The second-order valence-corrected chi connectivity index (χ2v) is 3.66. The summed E-state index contributed by atoms with van der Waals surface area (Å²) in [4.78, 5) is 32.3. The van der Waals surface area contributed by atoms with Gasteiger partial charge in [0.05, 0.1) is 0 Å². The van der Waals surface area contributed by atoms with Gasteiger partial charge >= 0.3 is 11.9 Å². The molecule has 7 nitrogen and oxygen atoms in total. The molecule has 7 heteroatoms. The molecule has 0 spiro atoms. The van der Waals surface area contributed by atoms with Gasteiger partial charge in [-0.1, -0.05) is 12.8 Å². The molecule has 0 aliphatic heterocycles. The van der Waals surface area contributed by atoms with Gasteiger partial charge in [0, 0.05) is 12.6 Å². The number of amides is 1. The number of nitrogens with one attached hydrogen (secondary N) is 1. The van der Waals surface area contributed by atoms with Gasteiger partial charge in [-0.25, -0.2) is 9.59 Å². The van der Waals surface area contributed by atoms with Crippen molar-refractivity contribution in [1.29, 1.82) is 0 Å². The first-order valence-corrected chi connectivity index (χ1v) is 5.65. The van der Waals surface area contributed by atoms with E-state index in [2.05, 4.69) is 5.32 Å². The number of carbonyl (C=O) groups is 3. The number of rotatable bonds is 9. The minimum Gasteiger partial charge on any atom is -0.478 e. The van der Waals surface area contributed by atoms with E-state index in [1.54, 1.807) is 0 Å². The zero-order valence-corrected chi connectivity index (χ0v) is 10.0. The summed E-state index contributed by atoms with van der Waals surface area (Å²) < 4.78 is 0. The number of nitrogens with two attached hydrogens (primary N) is 1. The first-order valence-electron chi connectivity index (χ1n) is 5.65. The second kappa shape index (κ2) is 9.17. The summed E-state index contributed by atoms with van der Waals surface area (Å²) in [7, 11) is 0. The molecule has 0 bridgehead atoms. The first-order chi connectivity index (χ1) is 8.49. The van der Waals surface area contributed by atoms with Crippen LogP contribution < -0.4 is 11.1 Å². The Kier molecular flexibility index (Phi) is 8.21. The molecule has 0 aromatic rings. The quantitative estimate of drug-likeness (QED) is 0.195. The molecule has 0 fully saturated rings. The van der Waals surface area contributed by atoms with Gasteiger partial charge in [0.25, 0.3) is 5.91 Å². The molecule has 0 radical (unpaired) electrons. The Morgan fingerprint density at radius 2 is 1.67 bits per heavy atom. The maximum Gasteiger partial charge on any atom is 0.341 e. The van der Waals surface area contributed by atoms with Crippen LogP contribution in [0, 0.1) is 0 Å². The molecule has 0 saturated heterocycles. The zero-order chi connectivity index (χ0) is 14.0. The standard InChI is InChI=1S/C11H18N2O5/c12-5-3-1-2-4-6-13-10(16)8(11(17)18)7-9(14)15/h7H,1-6,12H2,(H,13,16)(H,14,15)(H,17,18)/b8-7+. The van der Waals surface area contributed by atoms with Crippen LogP contribution in [0.4, 0.5) is 0 Å². The Morgan fingerprint density at radius 3 is 2.17 bits per heavy atom. The van der Waals surface area contributed by atoms with Crippen molar-refractivity contribution in [3.8, 4) is 0 Å². The number of aliphatic carboxylic acids is 2. The van der Waals surface area contributed by atoms with Crippen molar-refractivity contribution in [3.05, 3.63) is 11.6 Å². The molecule has 0 aliphatic rings. The second-order valence-electron chi connectivity index (χ2n) is 3.66. The number of unbranched alkanes of at least 4 members (excludes halogenated alkanes) is 3. The van der Waals surface area contributed by atoms with Crippen LogP contribution in [0.1, 0.15) is 25.7 Å². The Morgan fingerprint density at radius 1 is 1.06 bits per heavy atom. The molecule has 0 rings (SSSR count). The fraction of sp³-hybridized carbons (Fsp3) is 0.545. The van der Waals surface area contributed by atoms with Crippen molar-refractivity contribution in [2.24, 2.45) is 5.73 Å². The van der Waals surface area contributed by atoms with Crippen molar-refractivity contribution in [2.45, 2.75) is 25.7 Å². The Labute approximate surface area is 105 Å². The fourth-order valence-corrected chi connectivity index (χ4v) is 1.27. The third kappa shape index (κ3) is 7.39. The molecular weight excluding hydrogens is 240 g/mol. The van der Waals surface area contributed by atoms with Crippen LogP contribution in [0.15, 0.2) is 11.6 Å². The van der Waals surface area contributed by atoms with Crippen molar-refractivity contribution in [1.82, 2.24) is 5.32 Å². The molecule has 0 saturated carbocycles. The third-order valence-electron chi connectivity index (χ3n) is 2.16. The summed E-state index contributed by atoms with van der Waals surface area (Å²) in [5, 5.41) is 19.4. The summed E-state index contributed by atoms with van der Waals surface area (Å²) in [6, 6.07) is 0. The van der Waals surface area contributed by atoms with Crippen molar-refractivity contribution in [2.75, 3.05) is 13.1 Å². The lowest BCUT2D eigenvalue weighted by atomic mass is 10.2. The van der Waals surface area contributed by atoms with Crippen LogP contribution in [0.2, 0.25) is 0 Å². The van der Waals surface area contributed by atoms with Gasteiger partial charge in [-0.05, 0) is 19.4 Å². The van der Waals surface area contributed by atoms with Gasteiger partial charge in [-0.15, -0.1) is 0 Å². The molecule has 0 aromatic carbocycles. The molecule has 5 N–H and O–H groups in total. The zero-order valence-electron chi connectivity index (χ0n) is 10.0. The molecule has 0 aromatic heterocycles. The number of carboxylic acid groups (broad SMARTS) is 2. The van der Waals surface area contributed by atoms with Crippen LogP contribution in [0.5, 0.6) is 0 Å². The summed E-state index contributed by atoms with van der Waals surface area (Å²) in [5.41, 5.74) is 4.54. The van der Waals surface area contributed by atoms with Gasteiger partial charge in [-0.3, -0.25) is 4.79 Å². The molecule has 1 amide bonds. The number of carbonyl (C=O) groups excluding carboxylic acids is 1. The van der Waals surface area contributed by atoms with E-state index in [-0.39, 0.29) is 0 Å². The lowest BCUT2D eigenvalue weighted by molar-refractivity contribution is -0.137. The van der Waals surface area contributed by atoms with Gasteiger partial charge in [0.1, 0.15) is 5.57 Å². The van der Waals surface area contributed by atoms with Crippen LogP contribution in [-0.4, -0.2) is 41.1 Å². The smallest absolute Gasteiger partial charge is 0.341 e. The van der Waals surface area contributed by atoms with Crippen molar-refractivity contribution < 1.29 is 24.6 Å². The fourth-order valence-electron chi connectivity index (χ4n) is 1.27. The van der Waals surface area contributed by atoms with Gasteiger partial charge in [0.2, 0.25) is 0 Å². The van der Waals surface area contributed by atoms with Crippen LogP contribution in [-0.2, 0) is 14.4 Å². The van der Waals surface area contributed by atoms with E-state index in [9.17, 15) is 14.4 Å². The summed E-state index contributed by atoms with van der Waals surface area (Å²) in [6.07, 6.45) is 3.82. The summed E-state index contributed by atoms with van der Waals surface area (Å²) in [6.45, 7) is 0.935. The molecule has 18 heavy (non-hydrogen) atoms. The predicted molar refractivity (Wildman–Crippen MR) is 63.9 cm³/mol. The number of hydrogen-bond donors (Lipinski definition) is 4. The highest BCUT2D eigenvalue weighted by atomic mass is 16.4. The summed E-state index contributed by atoms with van der Waals surface area (Å²) in [5.74, 6) is -3.91. The number of hydrogen-bond acceptors (Lipinski definition) is 4. The highest BCUT2D eigenvalue weighted by Crippen LogP contribution is 1.99. The van der Waals surface area contributed by atoms with Crippen molar-refractivity contribution in [3.63, 3.8) is 0 Å². The molecule has 0 heterocycles. The van der Waals surface area contributed by atoms with Crippen molar-refractivity contribution >= 4 is 17.8 Å². The van der Waals surface area contributed by atoms with E-state index in [1.807, 2.05) is 0 Å². The largest absolute Gasteiger partial charge is 0.478 e. The van der Waals surface area contributed by atoms with Crippen LogP contribution in [0.25, 0.3) is 0 Å². The summed E-state index contributed by atoms with van der Waals surface area (Å²) >= 11 is 0. The van der Waals surface area contributed by atoms with E-state index in [1.165, 1.54) is 0 Å². The van der Waals surface area contributed by atoms with Crippen LogP contribution in [0.3, 0.4) is 0 Å². The Balaban J connectivity index is 4.06. The van der Waals surface area contributed by atoms with Gasteiger partial charge in [-0.2, -0.15) is 0 Å². The third-order valence-corrected chi connectivity index (χ3v) is 2.16. The maximum atomic E-state index is 11.4. The SMILES string of the molecule is NCCCCCCNC(=O)/C(=C\C(=O)O)C(=O)O. The van der Waals surface area contributed by atoms with E-state index in [4.69, 9.17) is 15.9 Å². The minimum absolute atomic E-state index is 0.313. The molecule has 102 valence electrons. The normalized spacial score (nSPS) is 11.1. The Bertz CT molecular complexity index is 338. The molecule has 0 unspecified atom stereocenters. The predicted octanol–water partition coefficient (Wildman–Crippen LogP) is -0.283. The van der Waals surface area contributed by atoms with E-state index < -0.39 is 23.4 Å². The molecule has 0 aliphatic carbocycles. The monoisotopic (exact) mass is 258 g/mol. The van der Waals surface area contributed by atoms with E-state index >= 15 is 0 Å². The average Bonchev–Trinajstić information content (AvgIpc) is 2.29. The van der Waals surface area contributed by atoms with Gasteiger partial charge in [0.15, 0.2) is 0 Å². The Hall–Kier alpha value is -1.89. The first kappa shape index (κ1) is 16.1.